The van der Waals surface area contributed by atoms with Gasteiger partial charge in [-0.3, -0.25) is 4.79 Å². The van der Waals surface area contributed by atoms with E-state index in [1.807, 2.05) is 4.90 Å². The summed E-state index contributed by atoms with van der Waals surface area (Å²) < 4.78 is 5.27. The number of hydrogen-bond acceptors (Lipinski definition) is 4. The standard InChI is InChI=1S/C16H31N3O2/c1-14(13-15-5-3-2-4-7-18-15)17-8-6-16(20)19-9-11-21-12-10-19/h14-15,17-18H,2-13H2,1H3. The first-order chi connectivity index (χ1) is 10.3. The zero-order valence-electron chi connectivity index (χ0n) is 13.4. The summed E-state index contributed by atoms with van der Waals surface area (Å²) >= 11 is 0. The molecule has 122 valence electrons. The van der Waals surface area contributed by atoms with E-state index in [0.717, 1.165) is 32.6 Å². The molecule has 2 rings (SSSR count). The molecule has 2 N–H and O–H groups in total. The highest BCUT2D eigenvalue weighted by molar-refractivity contribution is 5.76. The van der Waals surface area contributed by atoms with Gasteiger partial charge in [-0.2, -0.15) is 0 Å². The van der Waals surface area contributed by atoms with Crippen LogP contribution in [-0.2, 0) is 9.53 Å². The van der Waals surface area contributed by atoms with Gasteiger partial charge in [0.2, 0.25) is 5.91 Å². The fourth-order valence-corrected chi connectivity index (χ4v) is 3.21. The minimum absolute atomic E-state index is 0.255. The second-order valence-electron chi connectivity index (χ2n) is 6.33. The average Bonchev–Trinajstić information content (AvgIpc) is 2.76. The van der Waals surface area contributed by atoms with Gasteiger partial charge in [0.05, 0.1) is 13.2 Å². The Balaban J connectivity index is 1.57. The maximum atomic E-state index is 12.0. The highest BCUT2D eigenvalue weighted by Gasteiger charge is 2.17. The second-order valence-corrected chi connectivity index (χ2v) is 6.33. The minimum Gasteiger partial charge on any atom is -0.378 e. The third-order valence-electron chi connectivity index (χ3n) is 4.50. The lowest BCUT2D eigenvalue weighted by molar-refractivity contribution is -0.135. The van der Waals surface area contributed by atoms with Gasteiger partial charge in [-0.15, -0.1) is 0 Å². The van der Waals surface area contributed by atoms with Crippen molar-refractivity contribution in [3.05, 3.63) is 0 Å². The van der Waals surface area contributed by atoms with Crippen molar-refractivity contribution in [2.24, 2.45) is 0 Å². The first kappa shape index (κ1) is 16.7. The number of nitrogens with zero attached hydrogens (tertiary/aromatic N) is 1. The van der Waals surface area contributed by atoms with Gasteiger partial charge in [-0.1, -0.05) is 12.8 Å². The van der Waals surface area contributed by atoms with Gasteiger partial charge in [0, 0.05) is 38.1 Å². The van der Waals surface area contributed by atoms with Crippen molar-refractivity contribution in [3.8, 4) is 0 Å². The van der Waals surface area contributed by atoms with Gasteiger partial charge >= 0.3 is 0 Å². The minimum atomic E-state index is 0.255. The highest BCUT2D eigenvalue weighted by atomic mass is 16.5. The lowest BCUT2D eigenvalue weighted by Gasteiger charge is -2.27. The van der Waals surface area contributed by atoms with Crippen molar-refractivity contribution < 1.29 is 9.53 Å². The molecule has 0 aliphatic carbocycles. The number of rotatable bonds is 6. The molecule has 5 nitrogen and oxygen atoms in total. The van der Waals surface area contributed by atoms with Crippen molar-refractivity contribution in [2.45, 2.75) is 57.5 Å². The first-order valence-electron chi connectivity index (χ1n) is 8.58. The van der Waals surface area contributed by atoms with E-state index in [9.17, 15) is 4.79 Å². The third kappa shape index (κ3) is 6.32. The van der Waals surface area contributed by atoms with Crippen LogP contribution >= 0.6 is 0 Å². The number of morpholine rings is 1. The number of carbonyl (C=O) groups is 1. The fraction of sp³-hybridized carbons (Fsp3) is 0.938. The highest BCUT2D eigenvalue weighted by Crippen LogP contribution is 2.12. The smallest absolute Gasteiger partial charge is 0.224 e. The molecule has 2 saturated heterocycles. The van der Waals surface area contributed by atoms with Crippen LogP contribution < -0.4 is 10.6 Å². The van der Waals surface area contributed by atoms with Crippen molar-refractivity contribution in [3.63, 3.8) is 0 Å². The predicted octanol–water partition coefficient (Wildman–Crippen LogP) is 1.14. The Morgan fingerprint density at radius 3 is 2.95 bits per heavy atom. The summed E-state index contributed by atoms with van der Waals surface area (Å²) in [6.45, 7) is 7.04. The van der Waals surface area contributed by atoms with Gasteiger partial charge in [-0.25, -0.2) is 0 Å². The van der Waals surface area contributed by atoms with Crippen LogP contribution in [0.15, 0.2) is 0 Å². The Morgan fingerprint density at radius 1 is 1.33 bits per heavy atom. The van der Waals surface area contributed by atoms with Crippen molar-refractivity contribution in [1.29, 1.82) is 0 Å². The van der Waals surface area contributed by atoms with Crippen molar-refractivity contribution in [2.75, 3.05) is 39.4 Å². The maximum Gasteiger partial charge on any atom is 0.224 e. The number of hydrogen-bond donors (Lipinski definition) is 2. The molecule has 2 atom stereocenters. The Morgan fingerprint density at radius 2 is 2.14 bits per heavy atom. The molecule has 0 saturated carbocycles. The van der Waals surface area contributed by atoms with Crippen LogP contribution in [0.2, 0.25) is 0 Å². The molecule has 2 heterocycles. The van der Waals surface area contributed by atoms with Gasteiger partial charge < -0.3 is 20.3 Å². The summed E-state index contributed by atoms with van der Waals surface area (Å²) in [6, 6.07) is 1.11. The summed E-state index contributed by atoms with van der Waals surface area (Å²) in [5.41, 5.74) is 0. The lowest BCUT2D eigenvalue weighted by atomic mass is 10.0. The molecule has 0 spiro atoms. The molecule has 2 fully saturated rings. The molecule has 2 aliphatic rings. The van der Waals surface area contributed by atoms with Crippen LogP contribution in [-0.4, -0.2) is 62.3 Å². The Bertz CT molecular complexity index is 298. The molecule has 0 aromatic heterocycles. The van der Waals surface area contributed by atoms with Crippen LogP contribution in [0.3, 0.4) is 0 Å². The Kier molecular flexibility index (Phi) is 7.47. The number of amides is 1. The maximum absolute atomic E-state index is 12.0. The summed E-state index contributed by atoms with van der Waals surface area (Å²) in [4.78, 5) is 14.0. The molecule has 2 aliphatic heterocycles. The average molecular weight is 297 g/mol. The van der Waals surface area contributed by atoms with E-state index in [0.29, 0.717) is 31.7 Å². The third-order valence-corrected chi connectivity index (χ3v) is 4.50. The monoisotopic (exact) mass is 297 g/mol. The van der Waals surface area contributed by atoms with E-state index in [-0.39, 0.29) is 5.91 Å². The van der Waals surface area contributed by atoms with E-state index in [1.165, 1.54) is 25.7 Å². The predicted molar refractivity (Wildman–Crippen MR) is 84.4 cm³/mol. The molecular weight excluding hydrogens is 266 g/mol. The molecule has 21 heavy (non-hydrogen) atoms. The summed E-state index contributed by atoms with van der Waals surface area (Å²) in [5.74, 6) is 0.255. The lowest BCUT2D eigenvalue weighted by Crippen LogP contribution is -2.42. The van der Waals surface area contributed by atoms with E-state index < -0.39 is 0 Å². The van der Waals surface area contributed by atoms with Crippen molar-refractivity contribution >= 4 is 5.91 Å². The first-order valence-corrected chi connectivity index (χ1v) is 8.58. The van der Waals surface area contributed by atoms with Crippen LogP contribution in [0.5, 0.6) is 0 Å². The van der Waals surface area contributed by atoms with Gasteiger partial charge in [-0.05, 0) is 32.7 Å². The normalized spacial score (nSPS) is 25.4. The SMILES string of the molecule is CC(CC1CCCCCN1)NCCC(=O)N1CCOCC1. The molecule has 0 radical (unpaired) electrons. The van der Waals surface area contributed by atoms with E-state index in [1.54, 1.807) is 0 Å². The largest absolute Gasteiger partial charge is 0.378 e. The summed E-state index contributed by atoms with van der Waals surface area (Å²) in [7, 11) is 0. The second kappa shape index (κ2) is 9.38. The molecule has 1 amide bonds. The number of nitrogens with one attached hydrogen (secondary N) is 2. The van der Waals surface area contributed by atoms with E-state index in [2.05, 4.69) is 17.6 Å². The van der Waals surface area contributed by atoms with Crippen LogP contribution in [0.1, 0.15) is 45.4 Å². The van der Waals surface area contributed by atoms with Gasteiger partial charge in [0.25, 0.3) is 0 Å². The van der Waals surface area contributed by atoms with E-state index >= 15 is 0 Å². The van der Waals surface area contributed by atoms with Crippen molar-refractivity contribution in [1.82, 2.24) is 15.5 Å². The quantitative estimate of drug-likeness (QED) is 0.772. The number of carbonyl (C=O) groups excluding carboxylic acids is 1. The van der Waals surface area contributed by atoms with Crippen LogP contribution in [0.25, 0.3) is 0 Å². The summed E-state index contributed by atoms with van der Waals surface area (Å²) in [6.07, 6.45) is 7.07. The van der Waals surface area contributed by atoms with Gasteiger partial charge in [0.1, 0.15) is 0 Å². The molecular formula is C16H31N3O2. The van der Waals surface area contributed by atoms with Gasteiger partial charge in [0.15, 0.2) is 0 Å². The summed E-state index contributed by atoms with van der Waals surface area (Å²) in [5, 5.41) is 7.14. The fourth-order valence-electron chi connectivity index (χ4n) is 3.21. The zero-order valence-corrected chi connectivity index (χ0v) is 13.4. The molecule has 0 aromatic rings. The molecule has 5 heteroatoms. The molecule has 2 unspecified atom stereocenters. The topological polar surface area (TPSA) is 53.6 Å². The van der Waals surface area contributed by atoms with Crippen LogP contribution in [0, 0.1) is 0 Å². The molecule has 0 bridgehead atoms. The Hall–Kier alpha value is -0.650. The molecule has 0 aromatic carbocycles. The number of ether oxygens (including phenoxy) is 1. The van der Waals surface area contributed by atoms with Crippen LogP contribution in [0.4, 0.5) is 0 Å². The van der Waals surface area contributed by atoms with E-state index in [4.69, 9.17) is 4.74 Å². The zero-order chi connectivity index (χ0) is 14.9. The Labute approximate surface area is 128 Å².